The average molecular weight is 171 g/mol. The van der Waals surface area contributed by atoms with E-state index in [4.69, 9.17) is 15.2 Å². The lowest BCUT2D eigenvalue weighted by atomic mass is 9.90. The van der Waals surface area contributed by atoms with Crippen LogP contribution in [0.15, 0.2) is 0 Å². The molecule has 4 heteroatoms. The lowest BCUT2D eigenvalue weighted by Gasteiger charge is -2.17. The second-order valence-corrected chi connectivity index (χ2v) is 3.52. The van der Waals surface area contributed by atoms with Crippen molar-refractivity contribution in [2.75, 3.05) is 6.61 Å². The van der Waals surface area contributed by atoms with Gasteiger partial charge in [-0.05, 0) is 25.2 Å². The summed E-state index contributed by atoms with van der Waals surface area (Å²) < 4.78 is 10.1. The fourth-order valence-electron chi connectivity index (χ4n) is 1.84. The van der Waals surface area contributed by atoms with E-state index in [0.717, 1.165) is 19.3 Å². The molecular formula is C8H13NO3. The highest BCUT2D eigenvalue weighted by molar-refractivity contribution is 5.64. The van der Waals surface area contributed by atoms with Gasteiger partial charge < -0.3 is 15.2 Å². The number of amides is 1. The molecule has 0 aromatic heterocycles. The van der Waals surface area contributed by atoms with Crippen molar-refractivity contribution in [1.82, 2.24) is 0 Å². The van der Waals surface area contributed by atoms with Crippen molar-refractivity contribution in [3.05, 3.63) is 0 Å². The summed E-state index contributed by atoms with van der Waals surface area (Å²) in [6.07, 6.45) is 3.51. The van der Waals surface area contributed by atoms with Crippen molar-refractivity contribution < 1.29 is 14.3 Å². The molecular weight excluding hydrogens is 158 g/mol. The van der Waals surface area contributed by atoms with Crippen molar-refractivity contribution >= 4 is 6.09 Å². The first-order valence-corrected chi connectivity index (χ1v) is 4.33. The largest absolute Gasteiger partial charge is 0.449 e. The van der Waals surface area contributed by atoms with Crippen molar-refractivity contribution in [2.24, 2.45) is 11.7 Å². The first-order valence-electron chi connectivity index (χ1n) is 4.33. The molecule has 1 saturated heterocycles. The van der Waals surface area contributed by atoms with E-state index in [1.54, 1.807) is 0 Å². The minimum absolute atomic E-state index is 0.445. The van der Waals surface area contributed by atoms with Gasteiger partial charge in [-0.3, -0.25) is 0 Å². The average Bonchev–Trinajstić information content (AvgIpc) is 2.78. The topological polar surface area (TPSA) is 64.9 Å². The molecule has 2 fully saturated rings. The molecule has 0 spiro atoms. The van der Waals surface area contributed by atoms with Crippen LogP contribution in [0.4, 0.5) is 4.79 Å². The third kappa shape index (κ3) is 1.69. The maximum atomic E-state index is 10.3. The number of fused-ring (bicyclic) bond motifs is 1. The second-order valence-electron chi connectivity index (χ2n) is 3.52. The fourth-order valence-corrected chi connectivity index (χ4v) is 1.84. The van der Waals surface area contributed by atoms with Gasteiger partial charge in [0.05, 0.1) is 18.8 Å². The number of primary amides is 1. The first-order chi connectivity index (χ1) is 5.75. The van der Waals surface area contributed by atoms with Crippen LogP contribution >= 0.6 is 0 Å². The van der Waals surface area contributed by atoms with Crippen LogP contribution in [-0.4, -0.2) is 24.9 Å². The van der Waals surface area contributed by atoms with E-state index in [2.05, 4.69) is 0 Å². The monoisotopic (exact) mass is 171 g/mol. The number of hydrogen-bond acceptors (Lipinski definition) is 3. The summed E-state index contributed by atoms with van der Waals surface area (Å²) in [4.78, 5) is 10.3. The van der Waals surface area contributed by atoms with Gasteiger partial charge in [0.15, 0.2) is 0 Å². The number of carbonyl (C=O) groups is 1. The van der Waals surface area contributed by atoms with Crippen LogP contribution in [0.5, 0.6) is 0 Å². The molecule has 68 valence electrons. The van der Waals surface area contributed by atoms with Gasteiger partial charge in [-0.15, -0.1) is 0 Å². The molecule has 1 amide bonds. The second kappa shape index (κ2) is 2.94. The van der Waals surface area contributed by atoms with Crippen LogP contribution in [-0.2, 0) is 9.47 Å². The van der Waals surface area contributed by atoms with Crippen LogP contribution in [0.25, 0.3) is 0 Å². The zero-order chi connectivity index (χ0) is 8.55. The smallest absolute Gasteiger partial charge is 0.404 e. The molecule has 1 aliphatic carbocycles. The molecule has 0 bridgehead atoms. The summed E-state index contributed by atoms with van der Waals surface area (Å²) in [5, 5.41) is 0. The zero-order valence-corrected chi connectivity index (χ0v) is 6.86. The SMILES string of the molecule is NC(=O)OCC1CCC2OC2C1. The van der Waals surface area contributed by atoms with Gasteiger partial charge in [-0.2, -0.15) is 0 Å². The molecule has 3 atom stereocenters. The Morgan fingerprint density at radius 1 is 1.50 bits per heavy atom. The summed E-state index contributed by atoms with van der Waals surface area (Å²) in [5.41, 5.74) is 4.86. The number of hydrogen-bond donors (Lipinski definition) is 1. The normalized spacial score (nSPS) is 38.5. The fraction of sp³-hybridized carbons (Fsp3) is 0.875. The Morgan fingerprint density at radius 3 is 3.00 bits per heavy atom. The van der Waals surface area contributed by atoms with Crippen molar-refractivity contribution in [3.8, 4) is 0 Å². The predicted molar refractivity (Wildman–Crippen MR) is 41.5 cm³/mol. The molecule has 2 aliphatic rings. The Bertz CT molecular complexity index is 195. The molecule has 2 rings (SSSR count). The molecule has 1 saturated carbocycles. The molecule has 4 nitrogen and oxygen atoms in total. The molecule has 0 aromatic carbocycles. The molecule has 3 unspecified atom stereocenters. The molecule has 1 aliphatic heterocycles. The number of carbonyl (C=O) groups excluding carboxylic acids is 1. The van der Waals surface area contributed by atoms with E-state index in [-0.39, 0.29) is 0 Å². The highest BCUT2D eigenvalue weighted by Crippen LogP contribution is 2.39. The summed E-state index contributed by atoms with van der Waals surface area (Å²) in [5.74, 6) is 0.459. The Hall–Kier alpha value is -0.770. The standard InChI is InChI=1S/C8H13NO3/c9-8(10)11-4-5-1-2-6-7(3-5)12-6/h5-7H,1-4H2,(H2,9,10). The predicted octanol–water partition coefficient (Wildman–Crippen LogP) is 0.649. The van der Waals surface area contributed by atoms with Crippen molar-refractivity contribution in [3.63, 3.8) is 0 Å². The summed E-state index contributed by atoms with van der Waals surface area (Å²) >= 11 is 0. The first kappa shape index (κ1) is 7.86. The van der Waals surface area contributed by atoms with Gasteiger partial charge in [0.1, 0.15) is 0 Å². The maximum absolute atomic E-state index is 10.3. The van der Waals surface area contributed by atoms with Gasteiger partial charge in [-0.25, -0.2) is 4.79 Å². The molecule has 0 aromatic rings. The quantitative estimate of drug-likeness (QED) is 0.620. The highest BCUT2D eigenvalue weighted by Gasteiger charge is 2.43. The van der Waals surface area contributed by atoms with Gasteiger partial charge >= 0.3 is 6.09 Å². The Balaban J connectivity index is 1.70. The van der Waals surface area contributed by atoms with E-state index in [1.165, 1.54) is 0 Å². The molecule has 2 N–H and O–H groups in total. The van der Waals surface area contributed by atoms with Gasteiger partial charge in [0.25, 0.3) is 0 Å². The van der Waals surface area contributed by atoms with Crippen LogP contribution in [0.3, 0.4) is 0 Å². The third-order valence-corrected chi connectivity index (χ3v) is 2.57. The van der Waals surface area contributed by atoms with E-state index in [0.29, 0.717) is 24.7 Å². The Kier molecular flexibility index (Phi) is 1.92. The zero-order valence-electron chi connectivity index (χ0n) is 6.86. The summed E-state index contributed by atoms with van der Waals surface area (Å²) in [7, 11) is 0. The number of nitrogens with two attached hydrogens (primary N) is 1. The van der Waals surface area contributed by atoms with Crippen LogP contribution in [0.2, 0.25) is 0 Å². The Morgan fingerprint density at radius 2 is 2.33 bits per heavy atom. The number of rotatable bonds is 2. The minimum atomic E-state index is -0.672. The number of epoxide rings is 1. The maximum Gasteiger partial charge on any atom is 0.404 e. The summed E-state index contributed by atoms with van der Waals surface area (Å²) in [6, 6.07) is 0. The van der Waals surface area contributed by atoms with E-state index in [1.807, 2.05) is 0 Å². The Labute approximate surface area is 71.0 Å². The van der Waals surface area contributed by atoms with Crippen molar-refractivity contribution in [1.29, 1.82) is 0 Å². The van der Waals surface area contributed by atoms with Gasteiger partial charge in [0.2, 0.25) is 0 Å². The van der Waals surface area contributed by atoms with Crippen LogP contribution in [0.1, 0.15) is 19.3 Å². The third-order valence-electron chi connectivity index (χ3n) is 2.57. The van der Waals surface area contributed by atoms with E-state index in [9.17, 15) is 4.79 Å². The summed E-state index contributed by atoms with van der Waals surface area (Å²) in [6.45, 7) is 0.460. The lowest BCUT2D eigenvalue weighted by molar-refractivity contribution is 0.127. The number of ether oxygens (including phenoxy) is 2. The lowest BCUT2D eigenvalue weighted by Crippen LogP contribution is -2.22. The van der Waals surface area contributed by atoms with Crippen molar-refractivity contribution in [2.45, 2.75) is 31.5 Å². The van der Waals surface area contributed by atoms with Gasteiger partial charge in [0, 0.05) is 0 Å². The molecule has 12 heavy (non-hydrogen) atoms. The highest BCUT2D eigenvalue weighted by atomic mass is 16.6. The van der Waals surface area contributed by atoms with Crippen LogP contribution in [0, 0.1) is 5.92 Å². The van der Waals surface area contributed by atoms with Gasteiger partial charge in [-0.1, -0.05) is 0 Å². The molecule has 0 radical (unpaired) electrons. The van der Waals surface area contributed by atoms with E-state index < -0.39 is 6.09 Å². The molecule has 1 heterocycles. The van der Waals surface area contributed by atoms with E-state index >= 15 is 0 Å². The van der Waals surface area contributed by atoms with Crippen LogP contribution < -0.4 is 5.73 Å². The minimum Gasteiger partial charge on any atom is -0.449 e.